The van der Waals surface area contributed by atoms with E-state index in [-0.39, 0.29) is 0 Å². The zero-order valence-corrected chi connectivity index (χ0v) is 11.9. The first-order valence-electron chi connectivity index (χ1n) is 6.88. The summed E-state index contributed by atoms with van der Waals surface area (Å²) in [6, 6.07) is 17.9. The van der Waals surface area contributed by atoms with Crippen LogP contribution in [0.2, 0.25) is 0 Å². The van der Waals surface area contributed by atoms with Gasteiger partial charge in [-0.05, 0) is 30.3 Å². The molecule has 23 heavy (non-hydrogen) atoms. The van der Waals surface area contributed by atoms with E-state index in [0.717, 1.165) is 17.7 Å². The molecule has 2 nitrogen and oxygen atoms in total. The number of phenols is 1. The molecular weight excluding hydrogens is 303 g/mol. The van der Waals surface area contributed by atoms with E-state index in [1.165, 1.54) is 6.07 Å². The molecule has 1 N–H and O–H groups in total. The number of pyridine rings is 1. The summed E-state index contributed by atoms with van der Waals surface area (Å²) in [6.07, 6.45) is -4.61. The summed E-state index contributed by atoms with van der Waals surface area (Å²) in [5.41, 5.74) is 1.19. The number of alkyl halides is 3. The van der Waals surface area contributed by atoms with Crippen LogP contribution in [-0.4, -0.2) is 10.1 Å². The van der Waals surface area contributed by atoms with Gasteiger partial charge in [-0.2, -0.15) is 13.2 Å². The lowest BCUT2D eigenvalue weighted by molar-refractivity contribution is -0.138. The Morgan fingerprint density at radius 3 is 2.04 bits per heavy atom. The summed E-state index contributed by atoms with van der Waals surface area (Å²) in [6.45, 7) is 0. The van der Waals surface area contributed by atoms with Crippen LogP contribution >= 0.6 is 0 Å². The van der Waals surface area contributed by atoms with Crippen LogP contribution in [-0.2, 0) is 6.18 Å². The van der Waals surface area contributed by atoms with Crippen LogP contribution in [0.4, 0.5) is 13.2 Å². The lowest BCUT2D eigenvalue weighted by Crippen LogP contribution is -2.05. The lowest BCUT2D eigenvalue weighted by Gasteiger charge is -2.11. The van der Waals surface area contributed by atoms with Crippen molar-refractivity contribution in [2.75, 3.05) is 0 Å². The van der Waals surface area contributed by atoms with Gasteiger partial charge in [-0.3, -0.25) is 0 Å². The summed E-state index contributed by atoms with van der Waals surface area (Å²) in [4.78, 5) is 4.42. The van der Waals surface area contributed by atoms with Gasteiger partial charge in [0, 0.05) is 11.1 Å². The molecule has 0 aliphatic carbocycles. The molecule has 5 heteroatoms. The SMILES string of the molecule is Oc1ccc(-c2cccc(-c3ccccc3)n2)cc1C(F)(F)F. The highest BCUT2D eigenvalue weighted by Gasteiger charge is 2.34. The maximum atomic E-state index is 12.9. The lowest BCUT2D eigenvalue weighted by atomic mass is 10.0. The first kappa shape index (κ1) is 15.1. The molecule has 0 aliphatic heterocycles. The van der Waals surface area contributed by atoms with Gasteiger partial charge in [0.2, 0.25) is 0 Å². The Kier molecular flexibility index (Phi) is 3.78. The number of nitrogens with zero attached hydrogens (tertiary/aromatic N) is 1. The van der Waals surface area contributed by atoms with E-state index in [1.807, 2.05) is 30.3 Å². The monoisotopic (exact) mass is 315 g/mol. The average Bonchev–Trinajstić information content (AvgIpc) is 2.55. The van der Waals surface area contributed by atoms with Crippen molar-refractivity contribution in [3.8, 4) is 28.3 Å². The molecule has 0 saturated carbocycles. The van der Waals surface area contributed by atoms with Crippen LogP contribution < -0.4 is 0 Å². The molecular formula is C18H12F3NO. The second-order valence-electron chi connectivity index (χ2n) is 5.00. The van der Waals surface area contributed by atoms with Gasteiger partial charge in [-0.25, -0.2) is 4.98 Å². The first-order chi connectivity index (χ1) is 10.9. The number of rotatable bonds is 2. The van der Waals surface area contributed by atoms with Gasteiger partial charge in [-0.1, -0.05) is 36.4 Å². The quantitative estimate of drug-likeness (QED) is 0.710. The Morgan fingerprint density at radius 1 is 0.739 bits per heavy atom. The van der Waals surface area contributed by atoms with Crippen LogP contribution in [0.5, 0.6) is 5.75 Å². The van der Waals surface area contributed by atoms with Crippen molar-refractivity contribution in [3.05, 3.63) is 72.3 Å². The molecule has 1 heterocycles. The highest BCUT2D eigenvalue weighted by Crippen LogP contribution is 2.38. The summed E-state index contributed by atoms with van der Waals surface area (Å²) in [5, 5.41) is 9.41. The Labute approximate surface area is 130 Å². The Balaban J connectivity index is 2.07. The van der Waals surface area contributed by atoms with E-state index < -0.39 is 17.5 Å². The molecule has 0 fully saturated rings. The molecule has 0 spiro atoms. The van der Waals surface area contributed by atoms with Crippen molar-refractivity contribution in [1.82, 2.24) is 4.98 Å². The third-order valence-electron chi connectivity index (χ3n) is 3.42. The van der Waals surface area contributed by atoms with Crippen LogP contribution in [0.15, 0.2) is 66.7 Å². The summed E-state index contributed by atoms with van der Waals surface area (Å²) in [7, 11) is 0. The predicted molar refractivity (Wildman–Crippen MR) is 81.8 cm³/mol. The fraction of sp³-hybridized carbons (Fsp3) is 0.0556. The molecule has 0 bridgehead atoms. The van der Waals surface area contributed by atoms with E-state index in [1.54, 1.807) is 18.2 Å². The Hall–Kier alpha value is -2.82. The summed E-state index contributed by atoms with van der Waals surface area (Å²) in [5.74, 6) is -0.791. The molecule has 2 aromatic carbocycles. The van der Waals surface area contributed by atoms with Gasteiger partial charge >= 0.3 is 6.18 Å². The number of halogens is 3. The van der Waals surface area contributed by atoms with Crippen LogP contribution in [0, 0.1) is 0 Å². The maximum absolute atomic E-state index is 12.9. The second kappa shape index (κ2) is 5.76. The summed E-state index contributed by atoms with van der Waals surface area (Å²) >= 11 is 0. The van der Waals surface area contributed by atoms with Crippen molar-refractivity contribution in [1.29, 1.82) is 0 Å². The molecule has 3 rings (SSSR count). The zero-order valence-electron chi connectivity index (χ0n) is 11.9. The van der Waals surface area contributed by atoms with Crippen molar-refractivity contribution in [2.45, 2.75) is 6.18 Å². The van der Waals surface area contributed by atoms with Crippen molar-refractivity contribution in [2.24, 2.45) is 0 Å². The van der Waals surface area contributed by atoms with Gasteiger partial charge in [0.05, 0.1) is 17.0 Å². The van der Waals surface area contributed by atoms with Gasteiger partial charge in [-0.15, -0.1) is 0 Å². The van der Waals surface area contributed by atoms with E-state index in [2.05, 4.69) is 4.98 Å². The second-order valence-corrected chi connectivity index (χ2v) is 5.00. The number of aromatic nitrogens is 1. The molecule has 0 unspecified atom stereocenters. The highest BCUT2D eigenvalue weighted by molar-refractivity contribution is 5.67. The van der Waals surface area contributed by atoms with Crippen LogP contribution in [0.1, 0.15) is 5.56 Å². The van der Waals surface area contributed by atoms with Gasteiger partial charge < -0.3 is 5.11 Å². The predicted octanol–water partition coefficient (Wildman–Crippen LogP) is 5.14. The molecule has 0 aliphatic rings. The standard InChI is InChI=1S/C18H12F3NO/c19-18(20,21)14-11-13(9-10-17(14)23)16-8-4-7-15(22-16)12-5-2-1-3-6-12/h1-11,23H. The minimum atomic E-state index is -4.61. The van der Waals surface area contributed by atoms with Gasteiger partial charge in [0.15, 0.2) is 0 Å². The van der Waals surface area contributed by atoms with Crippen molar-refractivity contribution in [3.63, 3.8) is 0 Å². The number of aromatic hydroxyl groups is 1. The van der Waals surface area contributed by atoms with Crippen molar-refractivity contribution < 1.29 is 18.3 Å². The van der Waals surface area contributed by atoms with Crippen LogP contribution in [0.25, 0.3) is 22.5 Å². The minimum absolute atomic E-state index is 0.299. The highest BCUT2D eigenvalue weighted by atomic mass is 19.4. The normalized spacial score (nSPS) is 11.4. The fourth-order valence-electron chi connectivity index (χ4n) is 2.29. The number of hydrogen-bond acceptors (Lipinski definition) is 2. The third-order valence-corrected chi connectivity index (χ3v) is 3.42. The zero-order chi connectivity index (χ0) is 16.4. The van der Waals surface area contributed by atoms with E-state index in [9.17, 15) is 18.3 Å². The number of phenolic OH excluding ortho intramolecular Hbond substituents is 1. The molecule has 0 amide bonds. The topological polar surface area (TPSA) is 33.1 Å². The van der Waals surface area contributed by atoms with Gasteiger partial charge in [0.25, 0.3) is 0 Å². The average molecular weight is 315 g/mol. The largest absolute Gasteiger partial charge is 0.507 e. The fourth-order valence-corrected chi connectivity index (χ4v) is 2.29. The summed E-state index contributed by atoms with van der Waals surface area (Å²) < 4.78 is 38.7. The maximum Gasteiger partial charge on any atom is 0.419 e. The van der Waals surface area contributed by atoms with Crippen LogP contribution in [0.3, 0.4) is 0 Å². The Bertz CT molecular complexity index is 829. The van der Waals surface area contributed by atoms with Crippen molar-refractivity contribution >= 4 is 0 Å². The van der Waals surface area contributed by atoms with E-state index in [0.29, 0.717) is 17.0 Å². The van der Waals surface area contributed by atoms with Gasteiger partial charge in [0.1, 0.15) is 5.75 Å². The molecule has 0 radical (unpaired) electrons. The molecule has 3 aromatic rings. The number of benzene rings is 2. The molecule has 0 saturated heterocycles. The minimum Gasteiger partial charge on any atom is -0.507 e. The third kappa shape index (κ3) is 3.18. The molecule has 1 aromatic heterocycles. The molecule has 116 valence electrons. The number of hydrogen-bond donors (Lipinski definition) is 1. The Morgan fingerprint density at radius 2 is 1.39 bits per heavy atom. The van der Waals surface area contributed by atoms with E-state index >= 15 is 0 Å². The smallest absolute Gasteiger partial charge is 0.419 e. The van der Waals surface area contributed by atoms with E-state index in [4.69, 9.17) is 0 Å². The first-order valence-corrected chi connectivity index (χ1v) is 6.88. The molecule has 0 atom stereocenters.